The van der Waals surface area contributed by atoms with Gasteiger partial charge in [-0.25, -0.2) is 4.98 Å². The Morgan fingerprint density at radius 3 is 2.59 bits per heavy atom. The Kier molecular flexibility index (Phi) is 5.20. The lowest BCUT2D eigenvalue weighted by atomic mass is 9.97. The fourth-order valence-corrected chi connectivity index (χ4v) is 4.92. The molecule has 7 nitrogen and oxygen atoms in total. The van der Waals surface area contributed by atoms with Gasteiger partial charge in [0.05, 0.1) is 18.6 Å². The van der Waals surface area contributed by atoms with Gasteiger partial charge in [-0.3, -0.25) is 19.2 Å². The molecule has 2 fully saturated rings. The van der Waals surface area contributed by atoms with E-state index in [9.17, 15) is 4.79 Å². The van der Waals surface area contributed by atoms with Crippen molar-refractivity contribution in [2.75, 3.05) is 13.1 Å². The summed E-state index contributed by atoms with van der Waals surface area (Å²) >= 11 is 1.78. The van der Waals surface area contributed by atoms with E-state index in [1.54, 1.807) is 40.7 Å². The maximum Gasteiger partial charge on any atom is 0.253 e. The van der Waals surface area contributed by atoms with Gasteiger partial charge in [-0.1, -0.05) is 11.3 Å². The minimum Gasteiger partial charge on any atom is -0.299 e. The number of pyridine rings is 1. The van der Waals surface area contributed by atoms with Crippen LogP contribution in [0.2, 0.25) is 0 Å². The van der Waals surface area contributed by atoms with E-state index in [0.29, 0.717) is 17.5 Å². The third-order valence-corrected chi connectivity index (χ3v) is 6.86. The van der Waals surface area contributed by atoms with Crippen molar-refractivity contribution in [1.29, 1.82) is 0 Å². The van der Waals surface area contributed by atoms with Crippen molar-refractivity contribution in [3.8, 4) is 11.3 Å². The van der Waals surface area contributed by atoms with Crippen molar-refractivity contribution in [3.63, 3.8) is 0 Å². The lowest BCUT2D eigenvalue weighted by Gasteiger charge is -2.31. The van der Waals surface area contributed by atoms with Crippen LogP contribution in [-0.2, 0) is 13.1 Å². The van der Waals surface area contributed by atoms with E-state index in [-0.39, 0.29) is 5.56 Å². The second kappa shape index (κ2) is 8.12. The van der Waals surface area contributed by atoms with Crippen molar-refractivity contribution < 1.29 is 0 Å². The van der Waals surface area contributed by atoms with Crippen LogP contribution in [-0.4, -0.2) is 42.7 Å². The summed E-state index contributed by atoms with van der Waals surface area (Å²) in [7, 11) is 0. The average Bonchev–Trinajstić information content (AvgIpc) is 3.51. The molecule has 1 saturated carbocycles. The first-order valence-electron chi connectivity index (χ1n) is 10.3. The molecule has 2 aliphatic rings. The normalized spacial score (nSPS) is 18.2. The predicted octanol–water partition coefficient (Wildman–Crippen LogP) is 2.95. The smallest absolute Gasteiger partial charge is 0.253 e. The maximum absolute atomic E-state index is 12.5. The van der Waals surface area contributed by atoms with Gasteiger partial charge in [-0.05, 0) is 56.8 Å². The van der Waals surface area contributed by atoms with Crippen LogP contribution in [0.5, 0.6) is 0 Å². The molecule has 0 amide bonds. The van der Waals surface area contributed by atoms with Gasteiger partial charge in [-0.2, -0.15) is 0 Å². The van der Waals surface area contributed by atoms with Crippen LogP contribution in [0.1, 0.15) is 41.6 Å². The summed E-state index contributed by atoms with van der Waals surface area (Å²) in [6.07, 6.45) is 9.84. The van der Waals surface area contributed by atoms with E-state index in [4.69, 9.17) is 0 Å². The molecule has 1 saturated heterocycles. The molecule has 29 heavy (non-hydrogen) atoms. The highest BCUT2D eigenvalue weighted by atomic mass is 32.1. The highest BCUT2D eigenvalue weighted by Gasteiger charge is 2.28. The van der Waals surface area contributed by atoms with Gasteiger partial charge >= 0.3 is 0 Å². The number of hydrogen-bond acceptors (Lipinski definition) is 7. The van der Waals surface area contributed by atoms with E-state index >= 15 is 0 Å². The number of nitrogens with zero attached hydrogens (tertiary/aromatic N) is 6. The van der Waals surface area contributed by atoms with Gasteiger partial charge in [0.2, 0.25) is 0 Å². The second-order valence-electron chi connectivity index (χ2n) is 8.03. The first kappa shape index (κ1) is 18.6. The molecule has 0 radical (unpaired) electrons. The van der Waals surface area contributed by atoms with Crippen molar-refractivity contribution in [2.24, 2.45) is 5.92 Å². The fraction of sp³-hybridized carbons (Fsp3) is 0.476. The summed E-state index contributed by atoms with van der Waals surface area (Å²) in [4.78, 5) is 23.5. The Bertz CT molecular complexity index is 1020. The predicted molar refractivity (Wildman–Crippen MR) is 112 cm³/mol. The van der Waals surface area contributed by atoms with Crippen LogP contribution in [0.4, 0.5) is 0 Å². The average molecular weight is 409 g/mol. The SMILES string of the molecule is O=c1cc(-c2ccncc2)ncn1CC1CCN(Cc2nnc(C3CC3)s2)CC1. The standard InChI is InChI=1S/C21H24N6OS/c28-20-11-18(16-3-7-22-8-4-16)23-14-27(20)12-15-5-9-26(10-6-15)13-19-24-25-21(29-19)17-1-2-17/h3-4,7-8,11,14-15,17H,1-2,5-6,9-10,12-13H2. The summed E-state index contributed by atoms with van der Waals surface area (Å²) < 4.78 is 1.75. The number of likely N-dealkylation sites (tertiary alicyclic amines) is 1. The number of aromatic nitrogens is 5. The van der Waals surface area contributed by atoms with Gasteiger partial charge < -0.3 is 0 Å². The van der Waals surface area contributed by atoms with Crippen LogP contribution in [0.15, 0.2) is 41.7 Å². The van der Waals surface area contributed by atoms with E-state index in [0.717, 1.165) is 49.6 Å². The highest BCUT2D eigenvalue weighted by Crippen LogP contribution is 2.41. The minimum atomic E-state index is 0.00991. The molecular weight excluding hydrogens is 384 g/mol. The monoisotopic (exact) mass is 408 g/mol. The van der Waals surface area contributed by atoms with Crippen molar-refractivity contribution >= 4 is 11.3 Å². The van der Waals surface area contributed by atoms with Crippen molar-refractivity contribution in [3.05, 3.63) is 57.3 Å². The van der Waals surface area contributed by atoms with Gasteiger partial charge in [0, 0.05) is 36.5 Å². The molecule has 1 aliphatic carbocycles. The summed E-state index contributed by atoms with van der Waals surface area (Å²) in [5.74, 6) is 1.19. The molecule has 0 atom stereocenters. The molecule has 0 spiro atoms. The van der Waals surface area contributed by atoms with Gasteiger partial charge in [0.1, 0.15) is 10.0 Å². The molecule has 5 rings (SSSR count). The molecule has 3 aromatic heterocycles. The first-order chi connectivity index (χ1) is 14.2. The Morgan fingerprint density at radius 2 is 1.86 bits per heavy atom. The molecule has 8 heteroatoms. The lowest BCUT2D eigenvalue weighted by molar-refractivity contribution is 0.166. The van der Waals surface area contributed by atoms with Crippen LogP contribution in [0.25, 0.3) is 11.3 Å². The molecule has 150 valence electrons. The minimum absolute atomic E-state index is 0.00991. The summed E-state index contributed by atoms with van der Waals surface area (Å²) in [6.45, 7) is 3.72. The molecule has 4 heterocycles. The quantitative estimate of drug-likeness (QED) is 0.624. The van der Waals surface area contributed by atoms with E-state index in [1.807, 2.05) is 12.1 Å². The largest absolute Gasteiger partial charge is 0.299 e. The second-order valence-corrected chi connectivity index (χ2v) is 9.12. The Hall–Kier alpha value is -2.45. The zero-order chi connectivity index (χ0) is 19.6. The van der Waals surface area contributed by atoms with Crippen LogP contribution in [0, 0.1) is 5.92 Å². The molecular formula is C21H24N6OS. The maximum atomic E-state index is 12.5. The molecule has 0 aromatic carbocycles. The molecule has 0 N–H and O–H groups in total. The van der Waals surface area contributed by atoms with Gasteiger partial charge in [-0.15, -0.1) is 10.2 Å². The topological polar surface area (TPSA) is 76.8 Å². The number of hydrogen-bond donors (Lipinski definition) is 0. The zero-order valence-electron chi connectivity index (χ0n) is 16.3. The number of rotatable bonds is 6. The fourth-order valence-electron chi connectivity index (χ4n) is 3.87. The lowest BCUT2D eigenvalue weighted by Crippen LogP contribution is -2.36. The Labute approximate surface area is 173 Å². The molecule has 1 aliphatic heterocycles. The Morgan fingerprint density at radius 1 is 1.07 bits per heavy atom. The van der Waals surface area contributed by atoms with Gasteiger partial charge in [0.15, 0.2) is 0 Å². The van der Waals surface area contributed by atoms with E-state index < -0.39 is 0 Å². The summed E-state index contributed by atoms with van der Waals surface area (Å²) in [5.41, 5.74) is 1.63. The van der Waals surface area contributed by atoms with Gasteiger partial charge in [0.25, 0.3) is 5.56 Å². The first-order valence-corrected chi connectivity index (χ1v) is 11.1. The zero-order valence-corrected chi connectivity index (χ0v) is 17.1. The van der Waals surface area contributed by atoms with Crippen LogP contribution >= 0.6 is 11.3 Å². The highest BCUT2D eigenvalue weighted by molar-refractivity contribution is 7.11. The van der Waals surface area contributed by atoms with E-state index in [1.165, 1.54) is 17.8 Å². The molecule has 0 unspecified atom stereocenters. The molecule has 0 bridgehead atoms. The number of piperidine rings is 1. The summed E-state index contributed by atoms with van der Waals surface area (Å²) in [6, 6.07) is 5.36. The third kappa shape index (κ3) is 4.43. The van der Waals surface area contributed by atoms with Crippen molar-refractivity contribution in [2.45, 2.75) is 44.7 Å². The van der Waals surface area contributed by atoms with Crippen LogP contribution in [0.3, 0.4) is 0 Å². The Balaban J connectivity index is 1.16. The van der Waals surface area contributed by atoms with E-state index in [2.05, 4.69) is 25.1 Å². The molecule has 3 aromatic rings. The van der Waals surface area contributed by atoms with Crippen molar-refractivity contribution in [1.82, 2.24) is 29.6 Å². The summed E-state index contributed by atoms with van der Waals surface area (Å²) in [5, 5.41) is 11.1. The van der Waals surface area contributed by atoms with Crippen LogP contribution < -0.4 is 5.56 Å². The third-order valence-electron chi connectivity index (χ3n) is 5.79.